The van der Waals surface area contributed by atoms with Crippen molar-refractivity contribution in [3.63, 3.8) is 0 Å². The summed E-state index contributed by atoms with van der Waals surface area (Å²) in [6.45, 7) is 0.392. The van der Waals surface area contributed by atoms with E-state index < -0.39 is 6.10 Å². The lowest BCUT2D eigenvalue weighted by Gasteiger charge is -2.16. The topological polar surface area (TPSA) is 40.5 Å². The minimum Gasteiger partial charge on any atom is -0.391 e. The van der Waals surface area contributed by atoms with E-state index in [1.165, 1.54) is 0 Å². The minimum atomic E-state index is -0.540. The van der Waals surface area contributed by atoms with Crippen LogP contribution >= 0.6 is 0 Å². The Labute approximate surface area is 112 Å². The number of hydrogen-bond acceptors (Lipinski definition) is 2. The molecular formula is C16H15NO2. The van der Waals surface area contributed by atoms with Crippen molar-refractivity contribution in [2.45, 2.75) is 12.5 Å². The summed E-state index contributed by atoms with van der Waals surface area (Å²) in [4.78, 5) is 13.3. The Kier molecular flexibility index (Phi) is 3.05. The highest BCUT2D eigenvalue weighted by Gasteiger charge is 2.28. The quantitative estimate of drug-likeness (QED) is 0.893. The summed E-state index contributed by atoms with van der Waals surface area (Å²) in [6.07, 6.45) is -0.318. The van der Waals surface area contributed by atoms with E-state index in [9.17, 15) is 9.90 Å². The smallest absolute Gasteiger partial charge is 0.229 e. The van der Waals surface area contributed by atoms with Crippen LogP contribution in [0.4, 0.5) is 5.69 Å². The SMILES string of the molecule is O=C1CC(O)CN1c1ccc(-c2ccccc2)cc1. The predicted octanol–water partition coefficient (Wildman–Crippen LogP) is 2.45. The molecule has 19 heavy (non-hydrogen) atoms. The van der Waals surface area contributed by atoms with Crippen LogP contribution in [-0.2, 0) is 4.79 Å². The summed E-state index contributed by atoms with van der Waals surface area (Å²) in [7, 11) is 0. The Balaban J connectivity index is 1.86. The zero-order valence-corrected chi connectivity index (χ0v) is 10.5. The molecule has 1 aliphatic rings. The summed E-state index contributed by atoms with van der Waals surface area (Å²) in [5.74, 6) is -0.0139. The molecule has 1 aliphatic heterocycles. The first kappa shape index (κ1) is 11.9. The van der Waals surface area contributed by atoms with Crippen molar-refractivity contribution < 1.29 is 9.90 Å². The standard InChI is InChI=1S/C16H15NO2/c18-15-10-16(19)17(11-15)14-8-6-13(7-9-14)12-4-2-1-3-5-12/h1-9,15,18H,10-11H2. The van der Waals surface area contributed by atoms with Crippen LogP contribution in [0, 0.1) is 0 Å². The Morgan fingerprint density at radius 1 is 0.947 bits per heavy atom. The summed E-state index contributed by atoms with van der Waals surface area (Å²) < 4.78 is 0. The summed E-state index contributed by atoms with van der Waals surface area (Å²) >= 11 is 0. The van der Waals surface area contributed by atoms with Gasteiger partial charge in [-0.25, -0.2) is 0 Å². The molecular weight excluding hydrogens is 238 g/mol. The van der Waals surface area contributed by atoms with Crippen molar-refractivity contribution in [1.29, 1.82) is 0 Å². The maximum Gasteiger partial charge on any atom is 0.229 e. The molecule has 1 saturated heterocycles. The highest BCUT2D eigenvalue weighted by Crippen LogP contribution is 2.25. The molecule has 1 heterocycles. The molecule has 3 rings (SSSR count). The number of hydrogen-bond donors (Lipinski definition) is 1. The molecule has 0 saturated carbocycles. The number of rotatable bonds is 2. The molecule has 1 amide bonds. The molecule has 2 aromatic carbocycles. The van der Waals surface area contributed by atoms with Gasteiger partial charge in [-0.15, -0.1) is 0 Å². The van der Waals surface area contributed by atoms with Crippen LogP contribution < -0.4 is 4.90 Å². The van der Waals surface area contributed by atoms with Gasteiger partial charge >= 0.3 is 0 Å². The fraction of sp³-hybridized carbons (Fsp3) is 0.188. The predicted molar refractivity (Wildman–Crippen MR) is 74.9 cm³/mol. The van der Waals surface area contributed by atoms with Crippen molar-refractivity contribution >= 4 is 11.6 Å². The Hall–Kier alpha value is -2.13. The second kappa shape index (κ2) is 4.86. The van der Waals surface area contributed by atoms with Crippen molar-refractivity contribution in [3.05, 3.63) is 54.6 Å². The first-order chi connectivity index (χ1) is 9.24. The van der Waals surface area contributed by atoms with E-state index in [-0.39, 0.29) is 12.3 Å². The third-order valence-corrected chi connectivity index (χ3v) is 3.39. The number of benzene rings is 2. The largest absolute Gasteiger partial charge is 0.391 e. The molecule has 3 heteroatoms. The van der Waals surface area contributed by atoms with Crippen LogP contribution in [0.5, 0.6) is 0 Å². The maximum absolute atomic E-state index is 11.7. The molecule has 2 aromatic rings. The minimum absolute atomic E-state index is 0.0139. The number of aliphatic hydroxyl groups is 1. The van der Waals surface area contributed by atoms with Gasteiger partial charge in [0.15, 0.2) is 0 Å². The van der Waals surface area contributed by atoms with Gasteiger partial charge in [0, 0.05) is 5.69 Å². The molecule has 96 valence electrons. The highest BCUT2D eigenvalue weighted by molar-refractivity contribution is 5.96. The number of anilines is 1. The van der Waals surface area contributed by atoms with Crippen molar-refractivity contribution in [1.82, 2.24) is 0 Å². The Morgan fingerprint density at radius 2 is 1.58 bits per heavy atom. The average molecular weight is 253 g/mol. The zero-order chi connectivity index (χ0) is 13.2. The molecule has 0 aliphatic carbocycles. The highest BCUT2D eigenvalue weighted by atomic mass is 16.3. The molecule has 0 aromatic heterocycles. The lowest BCUT2D eigenvalue weighted by atomic mass is 10.1. The summed E-state index contributed by atoms with van der Waals surface area (Å²) in [5.41, 5.74) is 3.12. The molecule has 3 nitrogen and oxygen atoms in total. The average Bonchev–Trinajstić information content (AvgIpc) is 2.79. The summed E-state index contributed by atoms with van der Waals surface area (Å²) in [5, 5.41) is 9.50. The van der Waals surface area contributed by atoms with Gasteiger partial charge in [-0.1, -0.05) is 42.5 Å². The van der Waals surface area contributed by atoms with Crippen LogP contribution in [0.3, 0.4) is 0 Å². The van der Waals surface area contributed by atoms with E-state index in [0.29, 0.717) is 6.54 Å². The Morgan fingerprint density at radius 3 is 2.16 bits per heavy atom. The first-order valence-corrected chi connectivity index (χ1v) is 6.38. The van der Waals surface area contributed by atoms with Gasteiger partial charge in [-0.2, -0.15) is 0 Å². The molecule has 1 unspecified atom stereocenters. The van der Waals surface area contributed by atoms with Crippen LogP contribution in [0.2, 0.25) is 0 Å². The monoisotopic (exact) mass is 253 g/mol. The van der Waals surface area contributed by atoms with E-state index in [4.69, 9.17) is 0 Å². The molecule has 0 spiro atoms. The van der Waals surface area contributed by atoms with Crippen LogP contribution in [0.15, 0.2) is 54.6 Å². The molecule has 0 radical (unpaired) electrons. The number of nitrogens with zero attached hydrogens (tertiary/aromatic N) is 1. The third-order valence-electron chi connectivity index (χ3n) is 3.39. The number of aliphatic hydroxyl groups excluding tert-OH is 1. The molecule has 0 bridgehead atoms. The number of β-amino-alcohol motifs (C(OH)–C–C–N with tert-alkyl or cyclic N) is 1. The molecule has 1 N–H and O–H groups in total. The third kappa shape index (κ3) is 2.37. The van der Waals surface area contributed by atoms with Gasteiger partial charge in [0.2, 0.25) is 5.91 Å². The van der Waals surface area contributed by atoms with Crippen LogP contribution in [-0.4, -0.2) is 23.7 Å². The van der Waals surface area contributed by atoms with Gasteiger partial charge < -0.3 is 10.0 Å². The van der Waals surface area contributed by atoms with E-state index in [2.05, 4.69) is 12.1 Å². The van der Waals surface area contributed by atoms with Crippen LogP contribution in [0.25, 0.3) is 11.1 Å². The van der Waals surface area contributed by atoms with Gasteiger partial charge in [-0.05, 0) is 23.3 Å². The van der Waals surface area contributed by atoms with E-state index in [0.717, 1.165) is 16.8 Å². The fourth-order valence-corrected chi connectivity index (χ4v) is 2.40. The lowest BCUT2D eigenvalue weighted by molar-refractivity contribution is -0.117. The number of carbonyl (C=O) groups excluding carboxylic acids is 1. The van der Waals surface area contributed by atoms with E-state index in [1.54, 1.807) is 4.90 Å². The zero-order valence-electron chi connectivity index (χ0n) is 10.5. The normalized spacial score (nSPS) is 18.9. The summed E-state index contributed by atoms with van der Waals surface area (Å²) in [6, 6.07) is 18.0. The second-order valence-electron chi connectivity index (χ2n) is 4.78. The van der Waals surface area contributed by atoms with E-state index in [1.807, 2.05) is 42.5 Å². The van der Waals surface area contributed by atoms with Gasteiger partial charge in [0.25, 0.3) is 0 Å². The van der Waals surface area contributed by atoms with Crippen molar-refractivity contribution in [3.8, 4) is 11.1 Å². The van der Waals surface area contributed by atoms with Crippen molar-refractivity contribution in [2.75, 3.05) is 11.4 Å². The van der Waals surface area contributed by atoms with Gasteiger partial charge in [0.1, 0.15) is 0 Å². The molecule has 1 fully saturated rings. The van der Waals surface area contributed by atoms with Gasteiger partial charge in [0.05, 0.1) is 19.1 Å². The lowest BCUT2D eigenvalue weighted by Crippen LogP contribution is -2.25. The molecule has 1 atom stereocenters. The maximum atomic E-state index is 11.7. The fourth-order valence-electron chi connectivity index (χ4n) is 2.40. The number of amides is 1. The van der Waals surface area contributed by atoms with Gasteiger partial charge in [-0.3, -0.25) is 4.79 Å². The Bertz CT molecular complexity index is 577. The van der Waals surface area contributed by atoms with E-state index >= 15 is 0 Å². The van der Waals surface area contributed by atoms with Crippen molar-refractivity contribution in [2.24, 2.45) is 0 Å². The number of carbonyl (C=O) groups is 1. The second-order valence-corrected chi connectivity index (χ2v) is 4.78. The first-order valence-electron chi connectivity index (χ1n) is 6.38. The van der Waals surface area contributed by atoms with Crippen LogP contribution in [0.1, 0.15) is 6.42 Å².